The van der Waals surface area contributed by atoms with Crippen molar-refractivity contribution < 1.29 is 22.7 Å². The number of halogens is 1. The van der Waals surface area contributed by atoms with Crippen LogP contribution in [0.2, 0.25) is 5.02 Å². The predicted molar refractivity (Wildman–Crippen MR) is 132 cm³/mol. The van der Waals surface area contributed by atoms with Gasteiger partial charge in [-0.15, -0.1) is 0 Å². The van der Waals surface area contributed by atoms with E-state index < -0.39 is 27.4 Å². The van der Waals surface area contributed by atoms with E-state index in [1.807, 2.05) is 0 Å². The Kier molecular flexibility index (Phi) is 7.75. The Hall–Kier alpha value is -3.62. The number of rotatable bonds is 8. The molecule has 0 bridgehead atoms. The summed E-state index contributed by atoms with van der Waals surface area (Å²) in [7, 11) is -2.59. The molecule has 9 heteroatoms. The smallest absolute Gasteiger partial charge is 0.336 e. The first kappa shape index (κ1) is 25.0. The minimum Gasteiger partial charge on any atom is -0.467 e. The average Bonchev–Trinajstić information content (AvgIpc) is 2.84. The van der Waals surface area contributed by atoms with Crippen LogP contribution in [-0.2, 0) is 29.9 Å². The van der Waals surface area contributed by atoms with Gasteiger partial charge in [0.05, 0.1) is 22.7 Å². The molecule has 0 saturated heterocycles. The molecule has 3 rings (SSSR count). The molecule has 1 amide bonds. The minimum absolute atomic E-state index is 0.0383. The van der Waals surface area contributed by atoms with Gasteiger partial charge < -0.3 is 10.1 Å². The number of amides is 1. The van der Waals surface area contributed by atoms with E-state index in [9.17, 15) is 18.0 Å². The Morgan fingerprint density at radius 2 is 1.56 bits per heavy atom. The Morgan fingerprint density at radius 3 is 2.18 bits per heavy atom. The van der Waals surface area contributed by atoms with Crippen LogP contribution < -0.4 is 10.0 Å². The number of para-hydroxylation sites is 1. The Morgan fingerprint density at radius 1 is 0.941 bits per heavy atom. The molecule has 3 aromatic carbocycles. The number of anilines is 1. The second kappa shape index (κ2) is 10.5. The largest absolute Gasteiger partial charge is 0.467 e. The van der Waals surface area contributed by atoms with Crippen LogP contribution in [0.5, 0.6) is 0 Å². The fourth-order valence-corrected chi connectivity index (χ4v) is 4.50. The number of carbonyl (C=O) groups excluding carboxylic acids is 2. The SMILES string of the molecule is COC(=O)C(C)(NC(=O)C=Cc1ccc(S(=O)(=O)Nc2ccccc2Cl)cc1)c1ccccc1. The lowest BCUT2D eigenvalue weighted by atomic mass is 9.92. The van der Waals surface area contributed by atoms with Crippen LogP contribution in [0.15, 0.2) is 89.8 Å². The molecule has 1 unspecified atom stereocenters. The van der Waals surface area contributed by atoms with Crippen molar-refractivity contribution in [1.82, 2.24) is 5.32 Å². The highest BCUT2D eigenvalue weighted by molar-refractivity contribution is 7.92. The van der Waals surface area contributed by atoms with Crippen molar-refractivity contribution in [2.24, 2.45) is 0 Å². The highest BCUT2D eigenvalue weighted by atomic mass is 35.5. The number of carbonyl (C=O) groups is 2. The maximum atomic E-state index is 12.6. The van der Waals surface area contributed by atoms with Crippen LogP contribution in [0.3, 0.4) is 0 Å². The van der Waals surface area contributed by atoms with Gasteiger partial charge in [-0.1, -0.05) is 66.2 Å². The molecule has 0 spiro atoms. The summed E-state index contributed by atoms with van der Waals surface area (Å²) in [6.07, 6.45) is 2.77. The summed E-state index contributed by atoms with van der Waals surface area (Å²) in [5.74, 6) is -1.13. The second-order valence-electron chi connectivity index (χ2n) is 7.46. The summed E-state index contributed by atoms with van der Waals surface area (Å²) in [4.78, 5) is 25.0. The zero-order valence-electron chi connectivity index (χ0n) is 18.5. The molecule has 0 saturated carbocycles. The van der Waals surface area contributed by atoms with Gasteiger partial charge in [0.25, 0.3) is 10.0 Å². The van der Waals surface area contributed by atoms with Crippen LogP contribution in [0.1, 0.15) is 18.1 Å². The number of hydrogen-bond donors (Lipinski definition) is 2. The summed E-state index contributed by atoms with van der Waals surface area (Å²) < 4.78 is 32.6. The summed E-state index contributed by atoms with van der Waals surface area (Å²) in [5, 5.41) is 2.96. The van der Waals surface area contributed by atoms with Crippen LogP contribution in [0.25, 0.3) is 6.08 Å². The number of methoxy groups -OCH3 is 1. The number of hydrogen-bond acceptors (Lipinski definition) is 5. The third-order valence-electron chi connectivity index (χ3n) is 5.05. The molecule has 0 aliphatic rings. The third kappa shape index (κ3) is 5.84. The van der Waals surface area contributed by atoms with Gasteiger partial charge in [0.2, 0.25) is 5.91 Å². The lowest BCUT2D eigenvalue weighted by Gasteiger charge is -2.27. The molecule has 0 radical (unpaired) electrons. The Balaban J connectivity index is 1.72. The first-order chi connectivity index (χ1) is 16.2. The van der Waals surface area contributed by atoms with Crippen LogP contribution >= 0.6 is 11.6 Å². The molecular formula is C25H23ClN2O5S. The van der Waals surface area contributed by atoms with Crippen LogP contribution in [0, 0.1) is 0 Å². The normalized spacial score (nSPS) is 13.1. The third-order valence-corrected chi connectivity index (χ3v) is 6.76. The minimum atomic E-state index is -3.84. The van der Waals surface area contributed by atoms with Crippen LogP contribution in [0.4, 0.5) is 5.69 Å². The van der Waals surface area contributed by atoms with Gasteiger partial charge in [-0.3, -0.25) is 9.52 Å². The molecule has 3 aromatic rings. The monoisotopic (exact) mass is 498 g/mol. The van der Waals surface area contributed by atoms with Gasteiger partial charge in [0, 0.05) is 6.08 Å². The maximum absolute atomic E-state index is 12.6. The molecule has 34 heavy (non-hydrogen) atoms. The van der Waals surface area contributed by atoms with E-state index in [1.165, 1.54) is 31.4 Å². The van der Waals surface area contributed by atoms with E-state index in [1.54, 1.807) is 73.7 Å². The fourth-order valence-electron chi connectivity index (χ4n) is 3.18. The summed E-state index contributed by atoms with van der Waals surface area (Å²) in [6, 6.07) is 21.2. The van der Waals surface area contributed by atoms with E-state index >= 15 is 0 Å². The molecule has 1 atom stereocenters. The van der Waals surface area contributed by atoms with Gasteiger partial charge in [0.1, 0.15) is 0 Å². The summed E-state index contributed by atoms with van der Waals surface area (Å²) in [6.45, 7) is 1.56. The number of sulfonamides is 1. The van der Waals surface area contributed by atoms with Crippen molar-refractivity contribution in [3.63, 3.8) is 0 Å². The number of esters is 1. The Labute approximate surface area is 203 Å². The van der Waals surface area contributed by atoms with E-state index in [-0.39, 0.29) is 15.6 Å². The van der Waals surface area contributed by atoms with Crippen molar-refractivity contribution in [2.75, 3.05) is 11.8 Å². The quantitative estimate of drug-likeness (QED) is 0.355. The van der Waals surface area contributed by atoms with Gasteiger partial charge in [0.15, 0.2) is 5.54 Å². The lowest BCUT2D eigenvalue weighted by molar-refractivity contribution is -0.150. The zero-order valence-corrected chi connectivity index (χ0v) is 20.1. The molecule has 7 nitrogen and oxygen atoms in total. The van der Waals surface area contributed by atoms with Gasteiger partial charge in [-0.2, -0.15) is 0 Å². The molecule has 0 heterocycles. The average molecular weight is 499 g/mol. The highest BCUT2D eigenvalue weighted by Crippen LogP contribution is 2.25. The molecule has 0 fully saturated rings. The number of benzene rings is 3. The predicted octanol–water partition coefficient (Wildman–Crippen LogP) is 4.36. The van der Waals surface area contributed by atoms with Gasteiger partial charge in [-0.25, -0.2) is 13.2 Å². The molecule has 0 aromatic heterocycles. The second-order valence-corrected chi connectivity index (χ2v) is 9.55. The van der Waals surface area contributed by atoms with E-state index in [2.05, 4.69) is 10.0 Å². The zero-order chi connectivity index (χ0) is 24.8. The maximum Gasteiger partial charge on any atom is 0.336 e. The van der Waals surface area contributed by atoms with Crippen molar-refractivity contribution in [3.8, 4) is 0 Å². The number of ether oxygens (including phenoxy) is 1. The van der Waals surface area contributed by atoms with Gasteiger partial charge >= 0.3 is 5.97 Å². The number of nitrogens with one attached hydrogen (secondary N) is 2. The van der Waals surface area contributed by atoms with Crippen molar-refractivity contribution in [2.45, 2.75) is 17.4 Å². The lowest BCUT2D eigenvalue weighted by Crippen LogP contribution is -2.49. The van der Waals surface area contributed by atoms with Crippen molar-refractivity contribution in [1.29, 1.82) is 0 Å². The van der Waals surface area contributed by atoms with Crippen molar-refractivity contribution in [3.05, 3.63) is 101 Å². The summed E-state index contributed by atoms with van der Waals surface area (Å²) >= 11 is 6.02. The topological polar surface area (TPSA) is 102 Å². The molecular weight excluding hydrogens is 476 g/mol. The molecule has 176 valence electrons. The first-order valence-electron chi connectivity index (χ1n) is 10.2. The molecule has 0 aliphatic heterocycles. The Bertz CT molecular complexity index is 1310. The molecule has 0 aliphatic carbocycles. The van der Waals surface area contributed by atoms with E-state index in [0.717, 1.165) is 0 Å². The fraction of sp³-hybridized carbons (Fsp3) is 0.120. The van der Waals surface area contributed by atoms with Crippen molar-refractivity contribution >= 4 is 45.3 Å². The molecule has 2 N–H and O–H groups in total. The standard InChI is InChI=1S/C25H23ClN2O5S/c1-25(24(30)33-2,19-8-4-3-5-9-19)27-23(29)17-14-18-12-15-20(16-13-18)34(31,32)28-22-11-7-6-10-21(22)26/h3-17,28H,1-2H3,(H,27,29). The highest BCUT2D eigenvalue weighted by Gasteiger charge is 2.37. The summed E-state index contributed by atoms with van der Waals surface area (Å²) in [5.41, 5.74) is 0.0621. The van der Waals surface area contributed by atoms with E-state index in [4.69, 9.17) is 16.3 Å². The first-order valence-corrected chi connectivity index (χ1v) is 12.0. The van der Waals surface area contributed by atoms with Crippen LogP contribution in [-0.4, -0.2) is 27.4 Å². The van der Waals surface area contributed by atoms with Gasteiger partial charge in [-0.05, 0) is 48.4 Å². The van der Waals surface area contributed by atoms with E-state index in [0.29, 0.717) is 11.1 Å².